The highest BCUT2D eigenvalue weighted by Gasteiger charge is 2.19. The van der Waals surface area contributed by atoms with E-state index in [0.717, 1.165) is 0 Å². The average molecular weight is 379 g/mol. The van der Waals surface area contributed by atoms with Gasteiger partial charge in [-0.2, -0.15) is 0 Å². The van der Waals surface area contributed by atoms with Crippen molar-refractivity contribution in [1.29, 1.82) is 0 Å². The van der Waals surface area contributed by atoms with Crippen molar-refractivity contribution in [3.63, 3.8) is 0 Å². The summed E-state index contributed by atoms with van der Waals surface area (Å²) < 4.78 is 39.5. The standard InChI is InChI=1S/C18H22FN3O3S/c1-4-26(24,25)22-18-20-16(12(2)3)15(6-5-11-23)17(21-18)13-7-9-14(19)10-8-13/h5-10,12,23H,4,11H2,1-3H3,(H,20,21,22). The number of aliphatic hydroxyl groups excluding tert-OH is 1. The molecule has 0 radical (unpaired) electrons. The van der Waals surface area contributed by atoms with Crippen LogP contribution < -0.4 is 4.72 Å². The van der Waals surface area contributed by atoms with E-state index < -0.39 is 10.0 Å². The third-order valence-electron chi connectivity index (χ3n) is 3.66. The van der Waals surface area contributed by atoms with Crippen LogP contribution in [0.5, 0.6) is 0 Å². The van der Waals surface area contributed by atoms with E-state index in [0.29, 0.717) is 22.5 Å². The molecule has 140 valence electrons. The lowest BCUT2D eigenvalue weighted by molar-refractivity contribution is 0.343. The highest BCUT2D eigenvalue weighted by molar-refractivity contribution is 7.92. The predicted molar refractivity (Wildman–Crippen MR) is 101 cm³/mol. The van der Waals surface area contributed by atoms with Crippen molar-refractivity contribution < 1.29 is 17.9 Å². The number of anilines is 1. The van der Waals surface area contributed by atoms with Gasteiger partial charge in [-0.3, -0.25) is 4.72 Å². The van der Waals surface area contributed by atoms with Crippen LogP contribution in [-0.4, -0.2) is 35.9 Å². The second-order valence-electron chi connectivity index (χ2n) is 5.95. The number of hydrogen-bond donors (Lipinski definition) is 2. The lowest BCUT2D eigenvalue weighted by Crippen LogP contribution is -2.18. The van der Waals surface area contributed by atoms with Gasteiger partial charge in [0, 0.05) is 11.1 Å². The van der Waals surface area contributed by atoms with Crippen LogP contribution in [0.15, 0.2) is 30.3 Å². The van der Waals surface area contributed by atoms with Crippen LogP contribution >= 0.6 is 0 Å². The maximum atomic E-state index is 13.3. The zero-order valence-electron chi connectivity index (χ0n) is 14.9. The number of hydrogen-bond acceptors (Lipinski definition) is 5. The Labute approximate surface area is 152 Å². The molecule has 1 heterocycles. The number of rotatable bonds is 7. The summed E-state index contributed by atoms with van der Waals surface area (Å²) in [7, 11) is -3.54. The van der Waals surface area contributed by atoms with Crippen LogP contribution in [0, 0.1) is 5.82 Å². The molecular weight excluding hydrogens is 357 g/mol. The molecule has 6 nitrogen and oxygen atoms in total. The summed E-state index contributed by atoms with van der Waals surface area (Å²) >= 11 is 0. The Hall–Kier alpha value is -2.32. The van der Waals surface area contributed by atoms with Crippen molar-refractivity contribution in [2.75, 3.05) is 17.1 Å². The largest absolute Gasteiger partial charge is 0.392 e. The molecule has 0 spiro atoms. The molecule has 2 aromatic rings. The normalized spacial score (nSPS) is 12.1. The van der Waals surface area contributed by atoms with E-state index in [4.69, 9.17) is 5.11 Å². The minimum Gasteiger partial charge on any atom is -0.392 e. The summed E-state index contributed by atoms with van der Waals surface area (Å²) in [6.45, 7) is 5.20. The van der Waals surface area contributed by atoms with E-state index in [1.54, 1.807) is 24.3 Å². The van der Waals surface area contributed by atoms with Gasteiger partial charge in [0.05, 0.1) is 23.7 Å². The maximum Gasteiger partial charge on any atom is 0.237 e. The summed E-state index contributed by atoms with van der Waals surface area (Å²) in [5.41, 5.74) is 2.35. The molecule has 0 atom stereocenters. The highest BCUT2D eigenvalue weighted by Crippen LogP contribution is 2.30. The first kappa shape index (κ1) is 20.0. The third kappa shape index (κ3) is 4.86. The molecule has 1 aromatic heterocycles. The van der Waals surface area contributed by atoms with Crippen molar-refractivity contribution in [1.82, 2.24) is 9.97 Å². The fourth-order valence-corrected chi connectivity index (χ4v) is 2.86. The van der Waals surface area contributed by atoms with Gasteiger partial charge in [-0.25, -0.2) is 22.8 Å². The molecule has 0 aliphatic rings. The Morgan fingerprint density at radius 2 is 1.88 bits per heavy atom. The number of nitrogens with one attached hydrogen (secondary N) is 1. The first-order valence-electron chi connectivity index (χ1n) is 8.23. The van der Waals surface area contributed by atoms with Gasteiger partial charge < -0.3 is 5.11 Å². The smallest absolute Gasteiger partial charge is 0.237 e. The fraction of sp³-hybridized carbons (Fsp3) is 0.333. The second kappa shape index (κ2) is 8.37. The Bertz CT molecular complexity index is 895. The van der Waals surface area contributed by atoms with Crippen molar-refractivity contribution in [3.05, 3.63) is 47.4 Å². The number of aromatic nitrogens is 2. The fourth-order valence-electron chi connectivity index (χ4n) is 2.35. The molecule has 1 aromatic carbocycles. The van der Waals surface area contributed by atoms with E-state index >= 15 is 0 Å². The number of sulfonamides is 1. The van der Waals surface area contributed by atoms with Crippen LogP contribution in [0.1, 0.15) is 37.9 Å². The molecule has 0 aliphatic heterocycles. The maximum absolute atomic E-state index is 13.3. The van der Waals surface area contributed by atoms with Gasteiger partial charge in [0.2, 0.25) is 16.0 Å². The molecule has 0 saturated carbocycles. The average Bonchev–Trinajstić information content (AvgIpc) is 2.60. The monoisotopic (exact) mass is 379 g/mol. The molecule has 0 aliphatic carbocycles. The number of aliphatic hydroxyl groups is 1. The Balaban J connectivity index is 2.72. The Morgan fingerprint density at radius 3 is 2.42 bits per heavy atom. The van der Waals surface area contributed by atoms with E-state index in [1.165, 1.54) is 19.1 Å². The highest BCUT2D eigenvalue weighted by atomic mass is 32.2. The first-order valence-corrected chi connectivity index (χ1v) is 9.88. The van der Waals surface area contributed by atoms with Crippen LogP contribution in [-0.2, 0) is 10.0 Å². The van der Waals surface area contributed by atoms with E-state index in [9.17, 15) is 12.8 Å². The SMILES string of the molecule is CCS(=O)(=O)Nc1nc(-c2ccc(F)cc2)c(C=CCO)c(C(C)C)n1. The third-order valence-corrected chi connectivity index (χ3v) is 4.91. The van der Waals surface area contributed by atoms with Gasteiger partial charge in [-0.15, -0.1) is 0 Å². The van der Waals surface area contributed by atoms with Crippen LogP contribution in [0.2, 0.25) is 0 Å². The second-order valence-corrected chi connectivity index (χ2v) is 7.96. The summed E-state index contributed by atoms with van der Waals surface area (Å²) in [6, 6.07) is 5.75. The quantitative estimate of drug-likeness (QED) is 0.771. The van der Waals surface area contributed by atoms with E-state index in [2.05, 4.69) is 14.7 Å². The number of halogens is 1. The number of nitrogens with zero attached hydrogens (tertiary/aromatic N) is 2. The molecule has 26 heavy (non-hydrogen) atoms. The lowest BCUT2D eigenvalue weighted by atomic mass is 9.98. The van der Waals surface area contributed by atoms with Gasteiger partial charge in [-0.1, -0.05) is 26.0 Å². The molecule has 8 heteroatoms. The van der Waals surface area contributed by atoms with E-state index in [-0.39, 0.29) is 30.0 Å². The molecule has 2 N–H and O–H groups in total. The Kier molecular flexibility index (Phi) is 6.44. The molecule has 0 unspecified atom stereocenters. The molecule has 0 amide bonds. The Morgan fingerprint density at radius 1 is 1.23 bits per heavy atom. The molecule has 2 rings (SSSR count). The molecule has 0 bridgehead atoms. The van der Waals surface area contributed by atoms with Crippen LogP contribution in [0.4, 0.5) is 10.3 Å². The number of benzene rings is 1. The van der Waals surface area contributed by atoms with E-state index in [1.807, 2.05) is 13.8 Å². The van der Waals surface area contributed by atoms with Gasteiger partial charge in [0.1, 0.15) is 5.82 Å². The summed E-state index contributed by atoms with van der Waals surface area (Å²) in [4.78, 5) is 8.70. The van der Waals surface area contributed by atoms with Gasteiger partial charge in [0.25, 0.3) is 0 Å². The van der Waals surface area contributed by atoms with Crippen LogP contribution in [0.3, 0.4) is 0 Å². The van der Waals surface area contributed by atoms with Gasteiger partial charge in [-0.05, 0) is 37.1 Å². The zero-order valence-corrected chi connectivity index (χ0v) is 15.7. The topological polar surface area (TPSA) is 92.2 Å². The lowest BCUT2D eigenvalue weighted by Gasteiger charge is -2.16. The van der Waals surface area contributed by atoms with Crippen molar-refractivity contribution in [3.8, 4) is 11.3 Å². The predicted octanol–water partition coefficient (Wildman–Crippen LogP) is 3.17. The first-order chi connectivity index (χ1) is 12.3. The molecule has 0 saturated heterocycles. The van der Waals surface area contributed by atoms with Gasteiger partial charge in [0.15, 0.2) is 0 Å². The van der Waals surface area contributed by atoms with Crippen molar-refractivity contribution >= 4 is 22.0 Å². The molecular formula is C18H22FN3O3S. The van der Waals surface area contributed by atoms with Crippen LogP contribution in [0.25, 0.3) is 17.3 Å². The summed E-state index contributed by atoms with van der Waals surface area (Å²) in [5.74, 6) is -0.548. The minimum absolute atomic E-state index is 0.0274. The zero-order chi connectivity index (χ0) is 19.3. The summed E-state index contributed by atoms with van der Waals surface area (Å²) in [5, 5.41) is 9.13. The van der Waals surface area contributed by atoms with Crippen molar-refractivity contribution in [2.24, 2.45) is 0 Å². The van der Waals surface area contributed by atoms with Crippen molar-refractivity contribution in [2.45, 2.75) is 26.7 Å². The minimum atomic E-state index is -3.54. The van der Waals surface area contributed by atoms with Gasteiger partial charge >= 0.3 is 0 Å². The molecule has 0 fully saturated rings. The summed E-state index contributed by atoms with van der Waals surface area (Å²) in [6.07, 6.45) is 3.24.